The molecular weight excluding hydrogens is 286 g/mol. The molecule has 2 aromatic carbocycles. The monoisotopic (exact) mass is 299 g/mol. The number of ether oxygens (including phenoxy) is 1. The van der Waals surface area contributed by atoms with Crippen molar-refractivity contribution in [3.63, 3.8) is 0 Å². The van der Waals surface area contributed by atoms with E-state index in [9.17, 15) is 4.79 Å². The molecule has 0 radical (unpaired) electrons. The first kappa shape index (κ1) is 13.7. The molecule has 0 saturated heterocycles. The van der Waals surface area contributed by atoms with Crippen molar-refractivity contribution in [3.8, 4) is 0 Å². The van der Waals surface area contributed by atoms with Gasteiger partial charge in [0.15, 0.2) is 0 Å². The van der Waals surface area contributed by atoms with Gasteiger partial charge in [0.05, 0.1) is 6.04 Å². The summed E-state index contributed by atoms with van der Waals surface area (Å²) in [5.41, 5.74) is 1.93. The molecule has 0 aromatic heterocycles. The van der Waals surface area contributed by atoms with E-state index in [-0.39, 0.29) is 18.1 Å². The molecule has 0 unspecified atom stereocenters. The first-order chi connectivity index (χ1) is 10.2. The zero-order valence-electron chi connectivity index (χ0n) is 11.2. The van der Waals surface area contributed by atoms with Crippen LogP contribution < -0.4 is 5.32 Å². The van der Waals surface area contributed by atoms with Crippen LogP contribution in [0.3, 0.4) is 0 Å². The van der Waals surface area contributed by atoms with Crippen LogP contribution in [0.2, 0.25) is 5.02 Å². The first-order valence-corrected chi connectivity index (χ1v) is 7.06. The Bertz CT molecular complexity index is 670. The Balaban J connectivity index is 1.89. The number of benzene rings is 2. The largest absolute Gasteiger partial charge is 0.452 e. The van der Waals surface area contributed by atoms with E-state index in [1.54, 1.807) is 6.08 Å². The van der Waals surface area contributed by atoms with Gasteiger partial charge in [0.1, 0.15) is 6.10 Å². The topological polar surface area (TPSA) is 38.3 Å². The lowest BCUT2D eigenvalue weighted by atomic mass is 10.0. The fourth-order valence-electron chi connectivity index (χ4n) is 2.34. The predicted octanol–water partition coefficient (Wildman–Crippen LogP) is 3.97. The lowest BCUT2D eigenvalue weighted by molar-refractivity contribution is -0.139. The molecule has 3 nitrogen and oxygen atoms in total. The minimum absolute atomic E-state index is 0.160. The van der Waals surface area contributed by atoms with Gasteiger partial charge in [0.2, 0.25) is 0 Å². The second-order valence-electron chi connectivity index (χ2n) is 4.80. The SMILES string of the molecule is O=C1C=C[C@@H]([C@H](Nc2cccc(Cl)c2)c2ccccc2)O1. The number of nitrogens with one attached hydrogen (secondary N) is 1. The summed E-state index contributed by atoms with van der Waals surface area (Å²) in [5, 5.41) is 4.04. The smallest absolute Gasteiger partial charge is 0.331 e. The van der Waals surface area contributed by atoms with Crippen LogP contribution in [0.4, 0.5) is 5.69 Å². The number of anilines is 1. The van der Waals surface area contributed by atoms with E-state index in [1.165, 1.54) is 6.08 Å². The van der Waals surface area contributed by atoms with E-state index in [0.717, 1.165) is 11.3 Å². The zero-order chi connectivity index (χ0) is 14.7. The van der Waals surface area contributed by atoms with Crippen molar-refractivity contribution >= 4 is 23.3 Å². The van der Waals surface area contributed by atoms with Gasteiger partial charge in [0.25, 0.3) is 0 Å². The molecule has 1 heterocycles. The van der Waals surface area contributed by atoms with Gasteiger partial charge >= 0.3 is 5.97 Å². The molecule has 0 amide bonds. The van der Waals surface area contributed by atoms with E-state index in [2.05, 4.69) is 5.32 Å². The fraction of sp³-hybridized carbons (Fsp3) is 0.118. The molecule has 2 aromatic rings. The summed E-state index contributed by atoms with van der Waals surface area (Å²) in [6, 6.07) is 17.2. The van der Waals surface area contributed by atoms with Gasteiger partial charge < -0.3 is 10.1 Å². The predicted molar refractivity (Wildman–Crippen MR) is 83.3 cm³/mol. The third-order valence-corrected chi connectivity index (χ3v) is 3.54. The average molecular weight is 300 g/mol. The van der Waals surface area contributed by atoms with Crippen molar-refractivity contribution < 1.29 is 9.53 Å². The third kappa shape index (κ3) is 3.26. The molecule has 0 spiro atoms. The molecule has 0 bridgehead atoms. The van der Waals surface area contributed by atoms with Crippen LogP contribution >= 0.6 is 11.6 Å². The number of halogens is 1. The summed E-state index contributed by atoms with van der Waals surface area (Å²) in [7, 11) is 0. The maximum absolute atomic E-state index is 11.3. The standard InChI is InChI=1S/C17H14ClNO2/c18-13-7-4-8-14(11-13)19-17(12-5-2-1-3-6-12)15-9-10-16(20)21-15/h1-11,15,17,19H/t15-,17+/m0/s1. The zero-order valence-corrected chi connectivity index (χ0v) is 12.0. The number of rotatable bonds is 4. The van der Waals surface area contributed by atoms with Crippen molar-refractivity contribution in [2.45, 2.75) is 12.1 Å². The Morgan fingerprint density at radius 2 is 1.90 bits per heavy atom. The molecule has 0 fully saturated rings. The van der Waals surface area contributed by atoms with Gasteiger partial charge in [-0.2, -0.15) is 0 Å². The van der Waals surface area contributed by atoms with E-state index < -0.39 is 0 Å². The molecule has 1 aliphatic heterocycles. The normalized spacial score (nSPS) is 18.3. The van der Waals surface area contributed by atoms with Gasteiger partial charge in [-0.1, -0.05) is 48.0 Å². The second kappa shape index (κ2) is 6.02. The average Bonchev–Trinajstić information content (AvgIpc) is 2.92. The molecular formula is C17H14ClNO2. The molecule has 0 aliphatic carbocycles. The molecule has 0 saturated carbocycles. The summed E-state index contributed by atoms with van der Waals surface area (Å²) in [6.45, 7) is 0. The van der Waals surface area contributed by atoms with Crippen molar-refractivity contribution in [2.24, 2.45) is 0 Å². The maximum Gasteiger partial charge on any atom is 0.331 e. The van der Waals surface area contributed by atoms with Crippen LogP contribution in [-0.4, -0.2) is 12.1 Å². The number of cyclic esters (lactones) is 1. The number of esters is 1. The number of hydrogen-bond acceptors (Lipinski definition) is 3. The highest BCUT2D eigenvalue weighted by Gasteiger charge is 2.27. The Hall–Kier alpha value is -2.26. The first-order valence-electron chi connectivity index (χ1n) is 6.68. The van der Waals surface area contributed by atoms with E-state index in [4.69, 9.17) is 16.3 Å². The molecule has 2 atom stereocenters. The summed E-state index contributed by atoms with van der Waals surface area (Å²) in [5.74, 6) is -0.311. The van der Waals surface area contributed by atoms with Gasteiger partial charge in [-0.05, 0) is 29.8 Å². The minimum atomic E-state index is -0.334. The van der Waals surface area contributed by atoms with Crippen LogP contribution in [0.5, 0.6) is 0 Å². The van der Waals surface area contributed by atoms with Gasteiger partial charge in [-0.15, -0.1) is 0 Å². The van der Waals surface area contributed by atoms with Gasteiger partial charge in [-0.3, -0.25) is 0 Å². The quantitative estimate of drug-likeness (QED) is 0.868. The minimum Gasteiger partial charge on any atom is -0.452 e. The Labute approximate surface area is 128 Å². The number of hydrogen-bond donors (Lipinski definition) is 1. The van der Waals surface area contributed by atoms with E-state index in [1.807, 2.05) is 54.6 Å². The Morgan fingerprint density at radius 3 is 2.57 bits per heavy atom. The van der Waals surface area contributed by atoms with Crippen molar-refractivity contribution in [2.75, 3.05) is 5.32 Å². The molecule has 4 heteroatoms. The molecule has 106 valence electrons. The second-order valence-corrected chi connectivity index (χ2v) is 5.24. The Kier molecular flexibility index (Phi) is 3.93. The highest BCUT2D eigenvalue weighted by Crippen LogP contribution is 2.28. The van der Waals surface area contributed by atoms with Gasteiger partial charge in [0, 0.05) is 16.8 Å². The van der Waals surface area contributed by atoms with Crippen molar-refractivity contribution in [1.82, 2.24) is 0 Å². The highest BCUT2D eigenvalue weighted by molar-refractivity contribution is 6.30. The van der Waals surface area contributed by atoms with Crippen LogP contribution in [0.1, 0.15) is 11.6 Å². The van der Waals surface area contributed by atoms with Crippen LogP contribution in [-0.2, 0) is 9.53 Å². The lowest BCUT2D eigenvalue weighted by Gasteiger charge is -2.24. The number of carbonyl (C=O) groups excluding carboxylic acids is 1. The fourth-order valence-corrected chi connectivity index (χ4v) is 2.53. The lowest BCUT2D eigenvalue weighted by Crippen LogP contribution is -2.25. The number of carbonyl (C=O) groups is 1. The van der Waals surface area contributed by atoms with Crippen molar-refractivity contribution in [1.29, 1.82) is 0 Å². The Morgan fingerprint density at radius 1 is 1.10 bits per heavy atom. The highest BCUT2D eigenvalue weighted by atomic mass is 35.5. The van der Waals surface area contributed by atoms with E-state index in [0.29, 0.717) is 5.02 Å². The van der Waals surface area contributed by atoms with E-state index >= 15 is 0 Å². The third-order valence-electron chi connectivity index (χ3n) is 3.31. The maximum atomic E-state index is 11.3. The molecule has 1 aliphatic rings. The van der Waals surface area contributed by atoms with Crippen molar-refractivity contribution in [3.05, 3.63) is 77.3 Å². The molecule has 21 heavy (non-hydrogen) atoms. The molecule has 1 N–H and O–H groups in total. The van der Waals surface area contributed by atoms with Gasteiger partial charge in [-0.25, -0.2) is 4.79 Å². The van der Waals surface area contributed by atoms with Crippen LogP contribution in [0, 0.1) is 0 Å². The summed E-state index contributed by atoms with van der Waals surface area (Å²) in [4.78, 5) is 11.3. The summed E-state index contributed by atoms with van der Waals surface area (Å²) in [6.07, 6.45) is 2.90. The summed E-state index contributed by atoms with van der Waals surface area (Å²) >= 11 is 6.02. The van der Waals surface area contributed by atoms with Crippen LogP contribution in [0.25, 0.3) is 0 Å². The molecule has 3 rings (SSSR count). The summed E-state index contributed by atoms with van der Waals surface area (Å²) < 4.78 is 5.33. The van der Waals surface area contributed by atoms with Crippen LogP contribution in [0.15, 0.2) is 66.7 Å².